The number of amidine groups is 1. The topological polar surface area (TPSA) is 67.5 Å². The Morgan fingerprint density at radius 1 is 1.53 bits per heavy atom. The minimum atomic E-state index is -0.198. The molecule has 3 atom stereocenters. The van der Waals surface area contributed by atoms with Crippen LogP contribution in [-0.2, 0) is 4.79 Å². The fourth-order valence-corrected chi connectivity index (χ4v) is 3.67. The first-order valence-electron chi connectivity index (χ1n) is 6.23. The Kier molecular flexibility index (Phi) is 3.78. The summed E-state index contributed by atoms with van der Waals surface area (Å²) in [4.78, 5) is 10.7. The van der Waals surface area contributed by atoms with Gasteiger partial charge in [0.25, 0.3) is 0 Å². The van der Waals surface area contributed by atoms with Gasteiger partial charge in [-0.1, -0.05) is 13.8 Å². The van der Waals surface area contributed by atoms with Crippen molar-refractivity contribution >= 4 is 24.1 Å². The Balaban J connectivity index is 1.99. The molecule has 17 heavy (non-hydrogen) atoms. The van der Waals surface area contributed by atoms with Crippen LogP contribution in [0.3, 0.4) is 0 Å². The van der Waals surface area contributed by atoms with Crippen molar-refractivity contribution in [2.45, 2.75) is 38.5 Å². The number of aldehydes is 1. The molecule has 2 aliphatic rings. The van der Waals surface area contributed by atoms with Gasteiger partial charge in [0, 0.05) is 18.4 Å². The molecule has 3 N–H and O–H groups in total. The van der Waals surface area contributed by atoms with E-state index < -0.39 is 0 Å². The van der Waals surface area contributed by atoms with Crippen molar-refractivity contribution in [2.24, 2.45) is 27.4 Å². The van der Waals surface area contributed by atoms with Crippen molar-refractivity contribution in [1.82, 2.24) is 5.32 Å². The van der Waals surface area contributed by atoms with Gasteiger partial charge in [0.05, 0.1) is 0 Å². The highest BCUT2D eigenvalue weighted by molar-refractivity contribution is 7.99. The average molecular weight is 255 g/mol. The zero-order valence-corrected chi connectivity index (χ0v) is 11.3. The fraction of sp³-hybridized carbons (Fsp3) is 0.833. The summed E-state index contributed by atoms with van der Waals surface area (Å²) in [7, 11) is 0. The molecule has 0 bridgehead atoms. The maximum Gasteiger partial charge on any atom is 0.154 e. The monoisotopic (exact) mass is 255 g/mol. The van der Waals surface area contributed by atoms with Crippen LogP contribution in [0.4, 0.5) is 0 Å². The van der Waals surface area contributed by atoms with Crippen molar-refractivity contribution in [3.63, 3.8) is 0 Å². The second kappa shape index (κ2) is 4.98. The van der Waals surface area contributed by atoms with Gasteiger partial charge in [-0.05, 0) is 36.6 Å². The van der Waals surface area contributed by atoms with Crippen LogP contribution in [0.5, 0.6) is 0 Å². The second-order valence-corrected chi connectivity index (χ2v) is 6.49. The lowest BCUT2D eigenvalue weighted by Crippen LogP contribution is -2.36. The number of rotatable bonds is 4. The molecule has 0 aromatic carbocycles. The average Bonchev–Trinajstić information content (AvgIpc) is 2.86. The summed E-state index contributed by atoms with van der Waals surface area (Å²) in [6.45, 7) is 5.31. The second-order valence-electron chi connectivity index (χ2n) is 5.59. The maximum absolute atomic E-state index is 10.7. The van der Waals surface area contributed by atoms with Crippen molar-refractivity contribution in [3.05, 3.63) is 0 Å². The molecule has 96 valence electrons. The van der Waals surface area contributed by atoms with Gasteiger partial charge in [-0.2, -0.15) is 0 Å². The van der Waals surface area contributed by atoms with Crippen molar-refractivity contribution < 1.29 is 4.79 Å². The van der Waals surface area contributed by atoms with Gasteiger partial charge in [-0.25, -0.2) is 4.40 Å². The zero-order chi connectivity index (χ0) is 12.5. The Hall–Kier alpha value is -0.550. The van der Waals surface area contributed by atoms with Gasteiger partial charge >= 0.3 is 0 Å². The van der Waals surface area contributed by atoms with E-state index in [9.17, 15) is 4.79 Å². The molecule has 3 unspecified atom stereocenters. The van der Waals surface area contributed by atoms with Crippen LogP contribution in [0.25, 0.3) is 0 Å². The molecule has 0 spiro atoms. The smallest absolute Gasteiger partial charge is 0.154 e. The number of carbonyl (C=O) groups excluding carboxylic acids is 1. The lowest BCUT2D eigenvalue weighted by atomic mass is 9.81. The summed E-state index contributed by atoms with van der Waals surface area (Å²) in [6.07, 6.45) is 4.12. The Labute approximate surface area is 107 Å². The number of nitrogens with one attached hydrogen (secondary N) is 1. The van der Waals surface area contributed by atoms with Gasteiger partial charge in [0.1, 0.15) is 5.84 Å². The largest absolute Gasteiger partial charge is 0.354 e. The lowest BCUT2D eigenvalue weighted by molar-refractivity contribution is -0.107. The van der Waals surface area contributed by atoms with Gasteiger partial charge in [-0.3, -0.25) is 0 Å². The Morgan fingerprint density at radius 2 is 2.18 bits per heavy atom. The minimum absolute atomic E-state index is 0.184. The van der Waals surface area contributed by atoms with Crippen LogP contribution >= 0.6 is 11.9 Å². The third-order valence-corrected chi connectivity index (χ3v) is 4.95. The number of carbonyl (C=O) groups is 1. The van der Waals surface area contributed by atoms with Crippen LogP contribution in [0, 0.1) is 17.3 Å². The van der Waals surface area contributed by atoms with E-state index in [1.165, 1.54) is 24.8 Å². The molecular formula is C12H21N3OS. The molecule has 1 aliphatic carbocycles. The van der Waals surface area contributed by atoms with Gasteiger partial charge in [-0.15, -0.1) is 0 Å². The molecule has 0 amide bonds. The SMILES string of the molecule is CC1CC(CN)(CC2=NSC(C=O)N2)CC1C. The van der Waals surface area contributed by atoms with Crippen LogP contribution in [0.15, 0.2) is 4.40 Å². The number of hydrogen-bond donors (Lipinski definition) is 2. The molecule has 5 heteroatoms. The molecule has 0 radical (unpaired) electrons. The standard InChI is InChI=1S/C12H21N3OS/c1-8-3-12(7-13,4-9(8)2)5-10-14-11(6-16)17-15-10/h6,8-9,11H,3-5,7,13H2,1-2H3,(H,14,15). The molecule has 4 nitrogen and oxygen atoms in total. The number of hydrogen-bond acceptors (Lipinski definition) is 5. The van der Waals surface area contributed by atoms with E-state index in [-0.39, 0.29) is 10.8 Å². The van der Waals surface area contributed by atoms with Crippen LogP contribution < -0.4 is 11.1 Å². The van der Waals surface area contributed by atoms with Crippen LogP contribution in [0.1, 0.15) is 33.1 Å². The summed E-state index contributed by atoms with van der Waals surface area (Å²) in [6, 6.07) is 0. The van der Waals surface area contributed by atoms with Gasteiger partial charge in [0.2, 0.25) is 0 Å². The van der Waals surface area contributed by atoms with E-state index in [0.29, 0.717) is 6.54 Å². The van der Waals surface area contributed by atoms with Crippen molar-refractivity contribution in [3.8, 4) is 0 Å². The highest BCUT2D eigenvalue weighted by atomic mass is 32.2. The zero-order valence-electron chi connectivity index (χ0n) is 10.5. The van der Waals surface area contributed by atoms with Crippen LogP contribution in [-0.4, -0.2) is 24.0 Å². The highest BCUT2D eigenvalue weighted by Gasteiger charge is 2.42. The Bertz CT molecular complexity index is 322. The molecule has 0 aromatic rings. The fourth-order valence-electron chi connectivity index (χ4n) is 3.07. The predicted molar refractivity (Wildman–Crippen MR) is 71.7 cm³/mol. The molecule has 0 saturated heterocycles. The summed E-state index contributed by atoms with van der Waals surface area (Å²) >= 11 is 1.31. The maximum atomic E-state index is 10.7. The van der Waals surface area contributed by atoms with E-state index in [1.807, 2.05) is 0 Å². The van der Waals surface area contributed by atoms with Crippen molar-refractivity contribution in [1.29, 1.82) is 0 Å². The first-order chi connectivity index (χ1) is 8.08. The normalized spacial score (nSPS) is 41.1. The molecule has 0 aromatic heterocycles. The first-order valence-corrected chi connectivity index (χ1v) is 7.07. The Morgan fingerprint density at radius 3 is 2.65 bits per heavy atom. The van der Waals surface area contributed by atoms with Gasteiger partial charge in [0.15, 0.2) is 11.7 Å². The number of nitrogens with two attached hydrogens (primary N) is 1. The third-order valence-electron chi connectivity index (χ3n) is 4.17. The predicted octanol–water partition coefficient (Wildman–Crippen LogP) is 1.56. The van der Waals surface area contributed by atoms with E-state index in [1.54, 1.807) is 0 Å². The van der Waals surface area contributed by atoms with E-state index in [4.69, 9.17) is 5.73 Å². The highest BCUT2D eigenvalue weighted by Crippen LogP contribution is 2.47. The summed E-state index contributed by atoms with van der Waals surface area (Å²) in [5.74, 6) is 2.41. The molecular weight excluding hydrogens is 234 g/mol. The first kappa shape index (κ1) is 12.9. The lowest BCUT2D eigenvalue weighted by Gasteiger charge is -2.27. The number of nitrogens with zero attached hydrogens (tertiary/aromatic N) is 1. The molecule has 1 heterocycles. The minimum Gasteiger partial charge on any atom is -0.354 e. The molecule has 1 saturated carbocycles. The summed E-state index contributed by atoms with van der Waals surface area (Å²) in [5, 5.41) is 2.95. The summed E-state index contributed by atoms with van der Waals surface area (Å²) < 4.78 is 4.33. The third kappa shape index (κ3) is 2.65. The molecule has 2 rings (SSSR count). The van der Waals surface area contributed by atoms with Gasteiger partial charge < -0.3 is 15.8 Å². The van der Waals surface area contributed by atoms with E-state index >= 15 is 0 Å². The quantitative estimate of drug-likeness (QED) is 0.591. The van der Waals surface area contributed by atoms with Crippen LogP contribution in [0.2, 0.25) is 0 Å². The summed E-state index contributed by atoms with van der Waals surface area (Å²) in [5.41, 5.74) is 6.16. The van der Waals surface area contributed by atoms with Crippen molar-refractivity contribution in [2.75, 3.05) is 6.54 Å². The molecule has 1 aliphatic heterocycles. The van der Waals surface area contributed by atoms with E-state index in [0.717, 1.165) is 30.4 Å². The van der Waals surface area contributed by atoms with E-state index in [2.05, 4.69) is 23.6 Å². The molecule has 1 fully saturated rings.